The van der Waals surface area contributed by atoms with Gasteiger partial charge in [0.1, 0.15) is 17.2 Å². The molecule has 0 bridgehead atoms. The zero-order valence-corrected chi connectivity index (χ0v) is 11.7. The number of halogens is 1. The second kappa shape index (κ2) is 5.92. The van der Waals surface area contributed by atoms with Gasteiger partial charge in [0.25, 0.3) is 0 Å². The van der Waals surface area contributed by atoms with E-state index < -0.39 is 0 Å². The van der Waals surface area contributed by atoms with E-state index in [2.05, 4.69) is 4.99 Å². The van der Waals surface area contributed by atoms with E-state index in [-0.39, 0.29) is 22.3 Å². The van der Waals surface area contributed by atoms with Crippen LogP contribution >= 0.6 is 11.6 Å². The van der Waals surface area contributed by atoms with Crippen molar-refractivity contribution in [3.05, 3.63) is 46.7 Å². The van der Waals surface area contributed by atoms with Crippen LogP contribution in [0.4, 0.5) is 5.69 Å². The van der Waals surface area contributed by atoms with Crippen LogP contribution in [0.5, 0.6) is 5.75 Å². The Bertz CT molecular complexity index is 645. The number of rotatable bonds is 3. The van der Waals surface area contributed by atoms with E-state index in [0.29, 0.717) is 23.4 Å². The van der Waals surface area contributed by atoms with Crippen molar-refractivity contribution >= 4 is 28.8 Å². The second-order valence-electron chi connectivity index (χ2n) is 4.41. The molecule has 1 aromatic carbocycles. The fourth-order valence-corrected chi connectivity index (χ4v) is 2.12. The van der Waals surface area contributed by atoms with Gasteiger partial charge >= 0.3 is 0 Å². The maximum atomic E-state index is 11.7. The highest BCUT2D eigenvalue weighted by Crippen LogP contribution is 2.30. The predicted octanol–water partition coefficient (Wildman–Crippen LogP) is 3.87. The molecule has 0 spiro atoms. The third-order valence-corrected chi connectivity index (χ3v) is 3.19. The van der Waals surface area contributed by atoms with Crippen molar-refractivity contribution in [1.82, 2.24) is 0 Å². The standard InChI is InChI=1S/C15H14ClNO3/c1-2-3-10-14(19)7-6-13(15(10)20)17-12-5-4-9(18)8-11(12)16/h4-8,18,20H,2-3H2,1H3. The quantitative estimate of drug-likeness (QED) is 0.831. The van der Waals surface area contributed by atoms with Crippen LogP contribution in [0.1, 0.15) is 19.8 Å². The van der Waals surface area contributed by atoms with Crippen molar-refractivity contribution in [3.63, 3.8) is 0 Å². The Kier molecular flexibility index (Phi) is 4.25. The average molecular weight is 292 g/mol. The number of aliphatic hydroxyl groups excluding tert-OH is 1. The Morgan fingerprint density at radius 3 is 2.65 bits per heavy atom. The summed E-state index contributed by atoms with van der Waals surface area (Å²) in [6, 6.07) is 4.37. The molecule has 1 aliphatic rings. The average Bonchev–Trinajstić information content (AvgIpc) is 2.40. The minimum absolute atomic E-state index is 0.0414. The molecule has 0 atom stereocenters. The van der Waals surface area contributed by atoms with Crippen molar-refractivity contribution < 1.29 is 15.0 Å². The monoisotopic (exact) mass is 291 g/mol. The molecule has 4 nitrogen and oxygen atoms in total. The van der Waals surface area contributed by atoms with Gasteiger partial charge in [0.05, 0.1) is 10.7 Å². The molecule has 0 saturated heterocycles. The lowest BCUT2D eigenvalue weighted by molar-refractivity contribution is -0.111. The van der Waals surface area contributed by atoms with Crippen LogP contribution in [0, 0.1) is 0 Å². The first-order valence-electron chi connectivity index (χ1n) is 6.25. The van der Waals surface area contributed by atoms with Crippen molar-refractivity contribution in [1.29, 1.82) is 0 Å². The van der Waals surface area contributed by atoms with Gasteiger partial charge in [-0.2, -0.15) is 0 Å². The van der Waals surface area contributed by atoms with Crippen molar-refractivity contribution in [3.8, 4) is 5.75 Å². The number of ketones is 1. The van der Waals surface area contributed by atoms with Crippen LogP contribution in [-0.2, 0) is 4.79 Å². The topological polar surface area (TPSA) is 69.9 Å². The maximum Gasteiger partial charge on any atom is 0.185 e. The molecule has 0 fully saturated rings. The molecule has 1 aromatic rings. The van der Waals surface area contributed by atoms with E-state index in [1.165, 1.54) is 24.3 Å². The molecular weight excluding hydrogens is 278 g/mol. The van der Waals surface area contributed by atoms with Crippen LogP contribution in [-0.4, -0.2) is 21.7 Å². The van der Waals surface area contributed by atoms with E-state index in [9.17, 15) is 15.0 Å². The van der Waals surface area contributed by atoms with Crippen LogP contribution in [0.3, 0.4) is 0 Å². The minimum atomic E-state index is -0.194. The summed E-state index contributed by atoms with van der Waals surface area (Å²) in [5.41, 5.74) is 1.07. The first-order chi connectivity index (χ1) is 9.52. The predicted molar refractivity (Wildman–Crippen MR) is 78.9 cm³/mol. The summed E-state index contributed by atoms with van der Waals surface area (Å²) in [6.45, 7) is 1.93. The Morgan fingerprint density at radius 1 is 1.25 bits per heavy atom. The SMILES string of the molecule is CCCC1=C(O)C(=Nc2ccc(O)cc2Cl)C=CC1=O. The number of hydrogen-bond donors (Lipinski definition) is 2. The summed E-state index contributed by atoms with van der Waals surface area (Å²) in [6.07, 6.45) is 4.10. The normalized spacial score (nSPS) is 17.1. The number of phenolic OH excluding ortho intramolecular Hbond substituents is 1. The van der Waals surface area contributed by atoms with E-state index >= 15 is 0 Å². The third kappa shape index (κ3) is 2.91. The lowest BCUT2D eigenvalue weighted by Crippen LogP contribution is -2.14. The number of phenols is 1. The molecule has 0 radical (unpaired) electrons. The van der Waals surface area contributed by atoms with Gasteiger partial charge in [-0.3, -0.25) is 4.79 Å². The summed E-state index contributed by atoms with van der Waals surface area (Å²) >= 11 is 5.97. The van der Waals surface area contributed by atoms with Gasteiger partial charge in [0, 0.05) is 11.6 Å². The molecule has 0 heterocycles. The molecule has 0 aromatic heterocycles. The number of aromatic hydroxyl groups is 1. The van der Waals surface area contributed by atoms with E-state index in [4.69, 9.17) is 11.6 Å². The fraction of sp³-hybridized carbons (Fsp3) is 0.200. The molecule has 0 amide bonds. The van der Waals surface area contributed by atoms with Gasteiger partial charge in [0.2, 0.25) is 0 Å². The van der Waals surface area contributed by atoms with E-state index in [0.717, 1.165) is 6.42 Å². The summed E-state index contributed by atoms with van der Waals surface area (Å²) in [5, 5.41) is 19.7. The minimum Gasteiger partial charge on any atom is -0.508 e. The maximum absolute atomic E-state index is 11.7. The van der Waals surface area contributed by atoms with E-state index in [1.54, 1.807) is 6.07 Å². The molecule has 1 aliphatic carbocycles. The van der Waals surface area contributed by atoms with Gasteiger partial charge in [-0.25, -0.2) is 4.99 Å². The Balaban J connectivity index is 2.43. The van der Waals surface area contributed by atoms with Gasteiger partial charge in [-0.15, -0.1) is 0 Å². The number of carbonyl (C=O) groups is 1. The Labute approximate surface area is 121 Å². The van der Waals surface area contributed by atoms with Gasteiger partial charge < -0.3 is 10.2 Å². The fourth-order valence-electron chi connectivity index (χ4n) is 1.90. The second-order valence-corrected chi connectivity index (χ2v) is 4.81. The van der Waals surface area contributed by atoms with Crippen LogP contribution < -0.4 is 0 Å². The molecule has 2 rings (SSSR count). The van der Waals surface area contributed by atoms with Crippen molar-refractivity contribution in [2.45, 2.75) is 19.8 Å². The highest BCUT2D eigenvalue weighted by molar-refractivity contribution is 6.33. The zero-order valence-electron chi connectivity index (χ0n) is 10.9. The summed E-state index contributed by atoms with van der Waals surface area (Å²) in [7, 11) is 0. The van der Waals surface area contributed by atoms with E-state index in [1.807, 2.05) is 6.92 Å². The molecule has 0 aliphatic heterocycles. The number of nitrogens with zero attached hydrogens (tertiary/aromatic N) is 1. The summed E-state index contributed by atoms with van der Waals surface area (Å²) < 4.78 is 0. The number of aliphatic imine (C=N–C) groups is 1. The largest absolute Gasteiger partial charge is 0.508 e. The van der Waals surface area contributed by atoms with Crippen LogP contribution in [0.2, 0.25) is 5.02 Å². The number of benzene rings is 1. The van der Waals surface area contributed by atoms with Crippen molar-refractivity contribution in [2.75, 3.05) is 0 Å². The Hall–Kier alpha value is -2.07. The summed E-state index contributed by atoms with van der Waals surface area (Å²) in [4.78, 5) is 15.9. The smallest absolute Gasteiger partial charge is 0.185 e. The van der Waals surface area contributed by atoms with Crippen LogP contribution in [0.15, 0.2) is 46.7 Å². The molecule has 0 unspecified atom stereocenters. The van der Waals surface area contributed by atoms with Crippen molar-refractivity contribution in [2.24, 2.45) is 4.99 Å². The molecule has 0 saturated carbocycles. The van der Waals surface area contributed by atoms with Gasteiger partial charge in [0.15, 0.2) is 5.78 Å². The number of hydrogen-bond acceptors (Lipinski definition) is 4. The van der Waals surface area contributed by atoms with Crippen LogP contribution in [0.25, 0.3) is 0 Å². The molecule has 5 heteroatoms. The number of aliphatic hydroxyl groups is 1. The highest BCUT2D eigenvalue weighted by Gasteiger charge is 2.20. The zero-order chi connectivity index (χ0) is 14.7. The lowest BCUT2D eigenvalue weighted by Gasteiger charge is -2.12. The first kappa shape index (κ1) is 14.3. The molecule has 20 heavy (non-hydrogen) atoms. The lowest BCUT2D eigenvalue weighted by atomic mass is 9.97. The molecular formula is C15H14ClNO3. The third-order valence-electron chi connectivity index (χ3n) is 2.89. The van der Waals surface area contributed by atoms with Gasteiger partial charge in [-0.05, 0) is 30.7 Å². The van der Waals surface area contributed by atoms with Gasteiger partial charge in [-0.1, -0.05) is 24.9 Å². The highest BCUT2D eigenvalue weighted by atomic mass is 35.5. The first-order valence-corrected chi connectivity index (χ1v) is 6.62. The Morgan fingerprint density at radius 2 is 2.00 bits per heavy atom. The molecule has 2 N–H and O–H groups in total. The summed E-state index contributed by atoms with van der Waals surface area (Å²) in [5.74, 6) is -0.261. The number of allylic oxidation sites excluding steroid dienone is 3. The molecule has 104 valence electrons. The number of carbonyl (C=O) groups excluding carboxylic acids is 1.